The van der Waals surface area contributed by atoms with Crippen LogP contribution < -0.4 is 5.32 Å². The highest BCUT2D eigenvalue weighted by molar-refractivity contribution is 9.10. The van der Waals surface area contributed by atoms with E-state index in [1.54, 1.807) is 0 Å². The van der Waals surface area contributed by atoms with E-state index in [9.17, 15) is 4.79 Å². The van der Waals surface area contributed by atoms with E-state index in [0.717, 1.165) is 20.9 Å². The molecule has 0 radical (unpaired) electrons. The summed E-state index contributed by atoms with van der Waals surface area (Å²) in [5.41, 5.74) is 3.94. The van der Waals surface area contributed by atoms with E-state index in [2.05, 4.69) is 55.0 Å². The molecule has 3 rings (SSSR count). The zero-order valence-electron chi connectivity index (χ0n) is 15.6. The molecule has 0 aliphatic heterocycles. The van der Waals surface area contributed by atoms with Crippen LogP contribution in [0.1, 0.15) is 61.0 Å². The summed E-state index contributed by atoms with van der Waals surface area (Å²) >= 11 is 3.58. The number of carbonyl (C=O) groups is 1. The average Bonchev–Trinajstić information content (AvgIpc) is 2.63. The quantitative estimate of drug-likeness (QED) is 0.488. The Morgan fingerprint density at radius 1 is 0.846 bits per heavy atom. The zero-order valence-corrected chi connectivity index (χ0v) is 17.2. The molecule has 1 amide bonds. The van der Waals surface area contributed by atoms with Crippen molar-refractivity contribution in [3.63, 3.8) is 0 Å². The van der Waals surface area contributed by atoms with Crippen molar-refractivity contribution < 1.29 is 4.79 Å². The van der Waals surface area contributed by atoms with E-state index in [0.29, 0.717) is 17.4 Å². The number of fused-ring (bicyclic) bond motifs is 1. The van der Waals surface area contributed by atoms with Gasteiger partial charge in [0.05, 0.1) is 0 Å². The van der Waals surface area contributed by atoms with Crippen LogP contribution in [0.25, 0.3) is 10.8 Å². The van der Waals surface area contributed by atoms with E-state index in [1.807, 2.05) is 48.5 Å². The molecule has 0 spiro atoms. The Balaban J connectivity index is 2.00. The molecule has 0 aliphatic carbocycles. The minimum Gasteiger partial charge on any atom is -0.321 e. The summed E-state index contributed by atoms with van der Waals surface area (Å²) in [7, 11) is 0. The lowest BCUT2D eigenvalue weighted by Crippen LogP contribution is -2.13. The van der Waals surface area contributed by atoms with Crippen molar-refractivity contribution in [2.24, 2.45) is 0 Å². The smallest absolute Gasteiger partial charge is 0.255 e. The molecule has 0 bridgehead atoms. The van der Waals surface area contributed by atoms with Gasteiger partial charge in [-0.1, -0.05) is 74.0 Å². The number of halogens is 1. The summed E-state index contributed by atoms with van der Waals surface area (Å²) in [5, 5.41) is 5.22. The van der Waals surface area contributed by atoms with Crippen LogP contribution in [0.15, 0.2) is 59.1 Å². The largest absolute Gasteiger partial charge is 0.321 e. The minimum absolute atomic E-state index is 0.0677. The Hall–Kier alpha value is -2.13. The van der Waals surface area contributed by atoms with Gasteiger partial charge in [-0.05, 0) is 52.6 Å². The lowest BCUT2D eigenvalue weighted by Gasteiger charge is -2.15. The topological polar surface area (TPSA) is 29.1 Å². The van der Waals surface area contributed by atoms with Gasteiger partial charge in [-0.3, -0.25) is 4.79 Å². The van der Waals surface area contributed by atoms with Crippen molar-refractivity contribution >= 4 is 38.3 Å². The molecule has 0 heterocycles. The summed E-state index contributed by atoms with van der Waals surface area (Å²) in [6.45, 7) is 8.62. The molecule has 0 atom stereocenters. The Morgan fingerprint density at radius 3 is 2.00 bits per heavy atom. The van der Waals surface area contributed by atoms with Gasteiger partial charge in [-0.2, -0.15) is 0 Å². The van der Waals surface area contributed by atoms with Gasteiger partial charge in [0.1, 0.15) is 0 Å². The van der Waals surface area contributed by atoms with Crippen LogP contribution in [-0.2, 0) is 0 Å². The highest BCUT2D eigenvalue weighted by Crippen LogP contribution is 2.31. The normalized spacial score (nSPS) is 11.3. The summed E-state index contributed by atoms with van der Waals surface area (Å²) in [6.07, 6.45) is 0. The number of amides is 1. The fourth-order valence-electron chi connectivity index (χ4n) is 3.04. The SMILES string of the molecule is CC(C)c1cc(C(=O)Nc2ccc(Br)c3ccccc23)cc(C(C)C)c1. The van der Waals surface area contributed by atoms with E-state index < -0.39 is 0 Å². The maximum atomic E-state index is 13.0. The van der Waals surface area contributed by atoms with Crippen LogP contribution in [0.4, 0.5) is 5.69 Å². The van der Waals surface area contributed by atoms with Gasteiger partial charge in [0, 0.05) is 21.1 Å². The van der Waals surface area contributed by atoms with Crippen LogP contribution in [0.3, 0.4) is 0 Å². The van der Waals surface area contributed by atoms with Gasteiger partial charge < -0.3 is 5.32 Å². The summed E-state index contributed by atoms with van der Waals surface area (Å²) in [5.74, 6) is 0.699. The molecule has 3 aromatic rings. The van der Waals surface area contributed by atoms with Crippen LogP contribution in [0.5, 0.6) is 0 Å². The second-order valence-electron chi connectivity index (χ2n) is 7.29. The predicted molar refractivity (Wildman–Crippen MR) is 114 cm³/mol. The first-order valence-corrected chi connectivity index (χ1v) is 9.79. The van der Waals surface area contributed by atoms with Crippen molar-refractivity contribution in [3.05, 3.63) is 75.8 Å². The first-order chi connectivity index (χ1) is 12.4. The van der Waals surface area contributed by atoms with Crippen molar-refractivity contribution in [2.75, 3.05) is 5.32 Å². The number of hydrogen-bond acceptors (Lipinski definition) is 1. The molecule has 0 aliphatic rings. The molecular formula is C23H24BrNO. The third-order valence-electron chi connectivity index (χ3n) is 4.69. The molecule has 2 nitrogen and oxygen atoms in total. The summed E-state index contributed by atoms with van der Waals surface area (Å²) < 4.78 is 1.02. The van der Waals surface area contributed by atoms with Gasteiger partial charge in [0.25, 0.3) is 5.91 Å². The molecule has 0 aromatic heterocycles. The molecule has 0 saturated carbocycles. The van der Waals surface area contributed by atoms with E-state index in [4.69, 9.17) is 0 Å². The standard InChI is InChI=1S/C23H24BrNO/c1-14(2)16-11-17(15(3)4)13-18(12-16)23(26)25-22-10-9-21(24)19-7-5-6-8-20(19)22/h5-15H,1-4H3,(H,25,26). The number of benzene rings is 3. The summed E-state index contributed by atoms with van der Waals surface area (Å²) in [6, 6.07) is 18.2. The number of hydrogen-bond donors (Lipinski definition) is 1. The number of anilines is 1. The molecule has 3 heteroatoms. The highest BCUT2D eigenvalue weighted by atomic mass is 79.9. The summed E-state index contributed by atoms with van der Waals surface area (Å²) in [4.78, 5) is 13.0. The maximum absolute atomic E-state index is 13.0. The Bertz CT molecular complexity index is 933. The minimum atomic E-state index is -0.0677. The van der Waals surface area contributed by atoms with Gasteiger partial charge in [0.2, 0.25) is 0 Å². The highest BCUT2D eigenvalue weighted by Gasteiger charge is 2.14. The lowest BCUT2D eigenvalue weighted by molar-refractivity contribution is 0.102. The van der Waals surface area contributed by atoms with Crippen LogP contribution in [0.2, 0.25) is 0 Å². The second-order valence-corrected chi connectivity index (χ2v) is 8.15. The molecule has 3 aromatic carbocycles. The first-order valence-electron chi connectivity index (χ1n) is 9.00. The van der Waals surface area contributed by atoms with Crippen LogP contribution in [0, 0.1) is 0 Å². The van der Waals surface area contributed by atoms with E-state index in [-0.39, 0.29) is 5.91 Å². The van der Waals surface area contributed by atoms with Crippen molar-refractivity contribution in [2.45, 2.75) is 39.5 Å². The van der Waals surface area contributed by atoms with Crippen molar-refractivity contribution in [3.8, 4) is 0 Å². The van der Waals surface area contributed by atoms with E-state index >= 15 is 0 Å². The van der Waals surface area contributed by atoms with Gasteiger partial charge in [-0.15, -0.1) is 0 Å². The fraction of sp³-hybridized carbons (Fsp3) is 0.261. The fourth-order valence-corrected chi connectivity index (χ4v) is 3.52. The number of carbonyl (C=O) groups excluding carboxylic acids is 1. The van der Waals surface area contributed by atoms with Crippen LogP contribution in [-0.4, -0.2) is 5.91 Å². The molecule has 0 saturated heterocycles. The third-order valence-corrected chi connectivity index (χ3v) is 5.38. The van der Waals surface area contributed by atoms with Gasteiger partial charge in [-0.25, -0.2) is 0 Å². The molecule has 1 N–H and O–H groups in total. The Morgan fingerprint density at radius 2 is 1.42 bits per heavy atom. The molecule has 26 heavy (non-hydrogen) atoms. The molecular weight excluding hydrogens is 386 g/mol. The van der Waals surface area contributed by atoms with Crippen LogP contribution >= 0.6 is 15.9 Å². The van der Waals surface area contributed by atoms with Crippen molar-refractivity contribution in [1.29, 1.82) is 0 Å². The first kappa shape index (κ1) is 18.7. The monoisotopic (exact) mass is 409 g/mol. The Kier molecular flexibility index (Phi) is 5.47. The van der Waals surface area contributed by atoms with Gasteiger partial charge >= 0.3 is 0 Å². The number of rotatable bonds is 4. The van der Waals surface area contributed by atoms with Gasteiger partial charge in [0.15, 0.2) is 0 Å². The maximum Gasteiger partial charge on any atom is 0.255 e. The Labute approximate surface area is 163 Å². The molecule has 134 valence electrons. The zero-order chi connectivity index (χ0) is 18.8. The third kappa shape index (κ3) is 3.83. The predicted octanol–water partition coefficient (Wildman–Crippen LogP) is 7.10. The number of nitrogens with one attached hydrogen (secondary N) is 1. The average molecular weight is 410 g/mol. The molecule has 0 fully saturated rings. The van der Waals surface area contributed by atoms with E-state index in [1.165, 1.54) is 11.1 Å². The second kappa shape index (κ2) is 7.63. The molecule has 0 unspecified atom stereocenters. The van der Waals surface area contributed by atoms with Crippen molar-refractivity contribution in [1.82, 2.24) is 0 Å². The lowest BCUT2D eigenvalue weighted by atomic mass is 9.93.